The molecule has 15 heavy (non-hydrogen) atoms. The Kier molecular flexibility index (Phi) is 4.58. The van der Waals surface area contributed by atoms with E-state index in [-0.39, 0.29) is 0 Å². The van der Waals surface area contributed by atoms with E-state index in [1.807, 2.05) is 0 Å². The molecule has 2 amide bonds. The van der Waals surface area contributed by atoms with Gasteiger partial charge in [0.25, 0.3) is 0 Å². The largest absolute Gasteiger partial charge is 0.352 e. The summed E-state index contributed by atoms with van der Waals surface area (Å²) in [6.45, 7) is 5.50. The number of hydrogen-bond donors (Lipinski definition) is 3. The van der Waals surface area contributed by atoms with Crippen molar-refractivity contribution in [3.63, 3.8) is 0 Å². The molecule has 0 fully saturated rings. The molecule has 1 aromatic rings. The number of carbonyl (C=O) groups excluding carboxylic acids is 1. The van der Waals surface area contributed by atoms with Crippen LogP contribution >= 0.6 is 11.3 Å². The normalized spacial score (nSPS) is 12.4. The average Bonchev–Trinajstić information content (AvgIpc) is 2.58. The highest BCUT2D eigenvalue weighted by molar-refractivity contribution is 7.10. The van der Waals surface area contributed by atoms with Crippen molar-refractivity contribution in [1.82, 2.24) is 10.6 Å². The first-order valence-corrected chi connectivity index (χ1v) is 5.80. The van der Waals surface area contributed by atoms with Gasteiger partial charge in [-0.25, -0.2) is 4.79 Å². The van der Waals surface area contributed by atoms with Crippen LogP contribution in [0.1, 0.15) is 23.4 Å². The third-order valence-electron chi connectivity index (χ3n) is 2.17. The van der Waals surface area contributed by atoms with Gasteiger partial charge >= 0.3 is 6.03 Å². The van der Waals surface area contributed by atoms with Gasteiger partial charge in [0.2, 0.25) is 0 Å². The minimum atomic E-state index is -0.475. The summed E-state index contributed by atoms with van der Waals surface area (Å²) in [5.41, 5.74) is 6.26. The maximum atomic E-state index is 10.4. The summed E-state index contributed by atoms with van der Waals surface area (Å²) < 4.78 is 0. The van der Waals surface area contributed by atoms with Crippen LogP contribution in [0.25, 0.3) is 0 Å². The van der Waals surface area contributed by atoms with Crippen molar-refractivity contribution in [2.75, 3.05) is 13.1 Å². The number of thiophene rings is 1. The number of aryl methyl sites for hydroxylation is 1. The molecular formula is C10H17N3OS. The molecule has 0 aromatic carbocycles. The Morgan fingerprint density at radius 3 is 2.87 bits per heavy atom. The Hall–Kier alpha value is -1.07. The number of nitrogens with two attached hydrogens (primary N) is 1. The molecule has 0 aliphatic carbocycles. The SMILES string of the molecule is Cc1ccsc1C(C)NCCNC(N)=O. The second kappa shape index (κ2) is 5.72. The summed E-state index contributed by atoms with van der Waals surface area (Å²) in [5, 5.41) is 7.95. The lowest BCUT2D eigenvalue weighted by Gasteiger charge is -2.13. The van der Waals surface area contributed by atoms with Crippen molar-refractivity contribution in [2.45, 2.75) is 19.9 Å². The fourth-order valence-corrected chi connectivity index (χ4v) is 2.36. The minimum absolute atomic E-state index is 0.319. The van der Waals surface area contributed by atoms with Crippen LogP contribution in [-0.4, -0.2) is 19.1 Å². The lowest BCUT2D eigenvalue weighted by Crippen LogP contribution is -2.35. The number of carbonyl (C=O) groups is 1. The summed E-state index contributed by atoms with van der Waals surface area (Å²) in [6, 6.07) is 1.95. The molecule has 0 radical (unpaired) electrons. The molecule has 4 N–H and O–H groups in total. The molecule has 0 spiro atoms. The number of urea groups is 1. The summed E-state index contributed by atoms with van der Waals surface area (Å²) in [5.74, 6) is 0. The fourth-order valence-electron chi connectivity index (χ4n) is 1.40. The third-order valence-corrected chi connectivity index (χ3v) is 3.37. The van der Waals surface area contributed by atoms with Gasteiger partial charge < -0.3 is 16.4 Å². The zero-order valence-corrected chi connectivity index (χ0v) is 9.86. The summed E-state index contributed by atoms with van der Waals surface area (Å²) >= 11 is 1.75. The summed E-state index contributed by atoms with van der Waals surface area (Å²) in [4.78, 5) is 11.8. The van der Waals surface area contributed by atoms with Crippen LogP contribution in [-0.2, 0) is 0 Å². The molecule has 0 aliphatic rings. The van der Waals surface area contributed by atoms with Gasteiger partial charge in [0.05, 0.1) is 0 Å². The van der Waals surface area contributed by atoms with Gasteiger partial charge in [0.15, 0.2) is 0 Å². The van der Waals surface area contributed by atoms with Gasteiger partial charge in [-0.05, 0) is 30.9 Å². The Morgan fingerprint density at radius 1 is 1.60 bits per heavy atom. The molecule has 1 heterocycles. The van der Waals surface area contributed by atoms with E-state index >= 15 is 0 Å². The van der Waals surface area contributed by atoms with Gasteiger partial charge in [-0.1, -0.05) is 0 Å². The molecule has 1 rings (SSSR count). The smallest absolute Gasteiger partial charge is 0.312 e. The van der Waals surface area contributed by atoms with Crippen LogP contribution in [0.15, 0.2) is 11.4 Å². The van der Waals surface area contributed by atoms with E-state index in [1.54, 1.807) is 11.3 Å². The van der Waals surface area contributed by atoms with Gasteiger partial charge in [-0.2, -0.15) is 0 Å². The topological polar surface area (TPSA) is 67.2 Å². The van der Waals surface area contributed by atoms with Crippen molar-refractivity contribution in [3.8, 4) is 0 Å². The average molecular weight is 227 g/mol. The standard InChI is InChI=1S/C10H17N3OS/c1-7-3-6-15-9(7)8(2)12-4-5-13-10(11)14/h3,6,8,12H,4-5H2,1-2H3,(H3,11,13,14). The first-order chi connectivity index (χ1) is 7.11. The van der Waals surface area contributed by atoms with Crippen LogP contribution in [0, 0.1) is 6.92 Å². The van der Waals surface area contributed by atoms with Crippen LogP contribution in [0.5, 0.6) is 0 Å². The Balaban J connectivity index is 2.28. The molecular weight excluding hydrogens is 210 g/mol. The molecule has 0 saturated carbocycles. The van der Waals surface area contributed by atoms with Crippen LogP contribution in [0.4, 0.5) is 4.79 Å². The molecule has 84 valence electrons. The number of nitrogens with one attached hydrogen (secondary N) is 2. The maximum Gasteiger partial charge on any atom is 0.312 e. The predicted octanol–water partition coefficient (Wildman–Crippen LogP) is 1.38. The first-order valence-electron chi connectivity index (χ1n) is 4.92. The first kappa shape index (κ1) is 12.0. The van der Waals surface area contributed by atoms with E-state index in [9.17, 15) is 4.79 Å². The highest BCUT2D eigenvalue weighted by atomic mass is 32.1. The maximum absolute atomic E-state index is 10.4. The fraction of sp³-hybridized carbons (Fsp3) is 0.500. The lowest BCUT2D eigenvalue weighted by atomic mass is 10.2. The van der Waals surface area contributed by atoms with Crippen LogP contribution < -0.4 is 16.4 Å². The highest BCUT2D eigenvalue weighted by Crippen LogP contribution is 2.22. The minimum Gasteiger partial charge on any atom is -0.352 e. The molecule has 1 aromatic heterocycles. The highest BCUT2D eigenvalue weighted by Gasteiger charge is 2.08. The van der Waals surface area contributed by atoms with Crippen molar-refractivity contribution in [1.29, 1.82) is 0 Å². The third kappa shape index (κ3) is 3.89. The number of amides is 2. The molecule has 4 nitrogen and oxygen atoms in total. The Labute approximate surface area is 93.9 Å². The molecule has 0 saturated heterocycles. The van der Waals surface area contributed by atoms with Crippen molar-refractivity contribution in [3.05, 3.63) is 21.9 Å². The van der Waals surface area contributed by atoms with Crippen LogP contribution in [0.3, 0.4) is 0 Å². The van der Waals surface area contributed by atoms with Gasteiger partial charge in [0.1, 0.15) is 0 Å². The molecule has 0 bridgehead atoms. The van der Waals surface area contributed by atoms with E-state index in [1.165, 1.54) is 10.4 Å². The molecule has 1 atom stereocenters. The monoisotopic (exact) mass is 227 g/mol. The summed E-state index contributed by atoms with van der Waals surface area (Å²) in [6.07, 6.45) is 0. The zero-order chi connectivity index (χ0) is 11.3. The predicted molar refractivity (Wildman–Crippen MR) is 63.1 cm³/mol. The van der Waals surface area contributed by atoms with Crippen molar-refractivity contribution < 1.29 is 4.79 Å². The Bertz CT molecular complexity index is 324. The number of rotatable bonds is 5. The number of hydrogen-bond acceptors (Lipinski definition) is 3. The quantitative estimate of drug-likeness (QED) is 0.665. The Morgan fingerprint density at radius 2 is 2.33 bits per heavy atom. The summed E-state index contributed by atoms with van der Waals surface area (Å²) in [7, 11) is 0. The van der Waals surface area contributed by atoms with E-state index in [2.05, 4.69) is 35.9 Å². The van der Waals surface area contributed by atoms with E-state index < -0.39 is 6.03 Å². The number of primary amides is 1. The van der Waals surface area contributed by atoms with E-state index in [0.29, 0.717) is 12.6 Å². The van der Waals surface area contributed by atoms with Crippen molar-refractivity contribution >= 4 is 17.4 Å². The lowest BCUT2D eigenvalue weighted by molar-refractivity contribution is 0.249. The van der Waals surface area contributed by atoms with E-state index in [4.69, 9.17) is 5.73 Å². The van der Waals surface area contributed by atoms with Gasteiger partial charge in [-0.15, -0.1) is 11.3 Å². The molecule has 5 heteroatoms. The second-order valence-electron chi connectivity index (χ2n) is 3.43. The second-order valence-corrected chi connectivity index (χ2v) is 4.38. The van der Waals surface area contributed by atoms with Gasteiger partial charge in [-0.3, -0.25) is 0 Å². The molecule has 1 unspecified atom stereocenters. The van der Waals surface area contributed by atoms with Crippen LogP contribution in [0.2, 0.25) is 0 Å². The van der Waals surface area contributed by atoms with Gasteiger partial charge in [0, 0.05) is 24.0 Å². The zero-order valence-electron chi connectivity index (χ0n) is 9.04. The van der Waals surface area contributed by atoms with E-state index in [0.717, 1.165) is 6.54 Å². The molecule has 0 aliphatic heterocycles. The van der Waals surface area contributed by atoms with Crippen molar-refractivity contribution in [2.24, 2.45) is 5.73 Å².